The number of nitrogen functional groups attached to an aromatic ring is 1. The van der Waals surface area contributed by atoms with Gasteiger partial charge in [0.15, 0.2) is 0 Å². The fraction of sp³-hybridized carbons (Fsp3) is 0.571. The summed E-state index contributed by atoms with van der Waals surface area (Å²) in [4.78, 5) is 13.0. The van der Waals surface area contributed by atoms with Gasteiger partial charge in [0.25, 0.3) is 0 Å². The van der Waals surface area contributed by atoms with Crippen LogP contribution < -0.4 is 16.2 Å². The van der Waals surface area contributed by atoms with E-state index in [1.54, 1.807) is 18.2 Å². The number of anilines is 2. The molecule has 0 aliphatic carbocycles. The lowest BCUT2D eigenvalue weighted by Gasteiger charge is -2.33. The van der Waals surface area contributed by atoms with Crippen LogP contribution in [-0.2, 0) is 0 Å². The van der Waals surface area contributed by atoms with Crippen molar-refractivity contribution in [1.82, 2.24) is 0 Å². The van der Waals surface area contributed by atoms with Crippen molar-refractivity contribution >= 4 is 17.1 Å². The lowest BCUT2D eigenvalue weighted by atomic mass is 9.92. The molecule has 1 heterocycles. The van der Waals surface area contributed by atoms with Crippen LogP contribution in [0.5, 0.6) is 0 Å². The topological polar surface area (TPSA) is 84.4 Å². The summed E-state index contributed by atoms with van der Waals surface area (Å²) >= 11 is 0. The predicted octanol–water partition coefficient (Wildman–Crippen LogP) is 2.90. The molecule has 0 radical (unpaired) electrons. The zero-order chi connectivity index (χ0) is 14.5. The van der Waals surface area contributed by atoms with Crippen LogP contribution in [0.25, 0.3) is 0 Å². The Hall–Kier alpha value is -1.82. The Morgan fingerprint density at radius 2 is 2.15 bits per heavy atom. The van der Waals surface area contributed by atoms with Gasteiger partial charge in [0, 0.05) is 13.1 Å². The summed E-state index contributed by atoms with van der Waals surface area (Å²) in [6.07, 6.45) is 4.66. The van der Waals surface area contributed by atoms with Gasteiger partial charge >= 0.3 is 5.69 Å². The number of nitrogens with zero attached hydrogens (tertiary/aromatic N) is 2. The third kappa shape index (κ3) is 3.01. The monoisotopic (exact) mass is 278 g/mol. The summed E-state index contributed by atoms with van der Waals surface area (Å²) in [5, 5.41) is 11.3. The van der Waals surface area contributed by atoms with Gasteiger partial charge in [-0.25, -0.2) is 0 Å². The van der Waals surface area contributed by atoms with E-state index in [0.29, 0.717) is 11.4 Å². The van der Waals surface area contributed by atoms with E-state index in [9.17, 15) is 10.1 Å². The number of nitro groups is 1. The van der Waals surface area contributed by atoms with E-state index >= 15 is 0 Å². The summed E-state index contributed by atoms with van der Waals surface area (Å²) in [7, 11) is 0. The summed E-state index contributed by atoms with van der Waals surface area (Å²) in [5.74, 6) is 6.13. The Balaban J connectivity index is 2.19. The van der Waals surface area contributed by atoms with E-state index in [1.807, 2.05) is 0 Å². The van der Waals surface area contributed by atoms with Crippen molar-refractivity contribution in [2.24, 2.45) is 11.8 Å². The molecule has 6 nitrogen and oxygen atoms in total. The van der Waals surface area contributed by atoms with E-state index in [2.05, 4.69) is 17.2 Å². The molecule has 0 spiro atoms. The molecule has 20 heavy (non-hydrogen) atoms. The Morgan fingerprint density at radius 1 is 1.45 bits per heavy atom. The number of nitrogens with one attached hydrogen (secondary N) is 1. The smallest absolute Gasteiger partial charge is 0.316 e. The second-order valence-corrected chi connectivity index (χ2v) is 5.29. The normalized spacial score (nSPS) is 16.2. The van der Waals surface area contributed by atoms with Crippen LogP contribution in [0.15, 0.2) is 18.2 Å². The lowest BCUT2D eigenvalue weighted by molar-refractivity contribution is -0.383. The van der Waals surface area contributed by atoms with Gasteiger partial charge in [0.05, 0.1) is 4.92 Å². The second kappa shape index (κ2) is 6.56. The maximum absolute atomic E-state index is 11.3. The maximum Gasteiger partial charge on any atom is 0.316 e. The molecule has 0 amide bonds. The summed E-state index contributed by atoms with van der Waals surface area (Å²) in [5.41, 5.74) is 3.52. The number of nitrogens with two attached hydrogens (primary N) is 1. The van der Waals surface area contributed by atoms with E-state index in [1.165, 1.54) is 12.8 Å². The van der Waals surface area contributed by atoms with Crippen molar-refractivity contribution in [1.29, 1.82) is 0 Å². The van der Waals surface area contributed by atoms with E-state index in [0.717, 1.165) is 31.8 Å². The van der Waals surface area contributed by atoms with Crippen molar-refractivity contribution in [3.05, 3.63) is 28.3 Å². The highest BCUT2D eigenvalue weighted by Crippen LogP contribution is 2.37. The highest BCUT2D eigenvalue weighted by atomic mass is 16.6. The number of hydrazine groups is 1. The van der Waals surface area contributed by atoms with Crippen molar-refractivity contribution in [3.8, 4) is 0 Å². The second-order valence-electron chi connectivity index (χ2n) is 5.29. The van der Waals surface area contributed by atoms with Gasteiger partial charge < -0.3 is 10.3 Å². The average molecular weight is 278 g/mol. The van der Waals surface area contributed by atoms with Gasteiger partial charge in [-0.3, -0.25) is 16.0 Å². The Kier molecular flexibility index (Phi) is 4.79. The van der Waals surface area contributed by atoms with Crippen LogP contribution in [0.2, 0.25) is 0 Å². The molecule has 1 aliphatic heterocycles. The molecule has 1 fully saturated rings. The molecule has 6 heteroatoms. The fourth-order valence-electron chi connectivity index (χ4n) is 2.97. The molecule has 0 bridgehead atoms. The van der Waals surface area contributed by atoms with Crippen LogP contribution >= 0.6 is 0 Å². The van der Waals surface area contributed by atoms with Gasteiger partial charge in [-0.05, 0) is 30.9 Å². The first-order valence-corrected chi connectivity index (χ1v) is 7.16. The Labute approximate surface area is 119 Å². The largest absolute Gasteiger partial charge is 0.366 e. The summed E-state index contributed by atoms with van der Waals surface area (Å²) < 4.78 is 0. The van der Waals surface area contributed by atoms with Gasteiger partial charge in [-0.15, -0.1) is 0 Å². The third-order valence-corrected chi connectivity index (χ3v) is 4.00. The highest BCUT2D eigenvalue weighted by Gasteiger charge is 2.26. The number of para-hydroxylation sites is 1. The number of nitro benzene ring substituents is 1. The first-order chi connectivity index (χ1) is 9.67. The van der Waals surface area contributed by atoms with Gasteiger partial charge in [-0.1, -0.05) is 25.8 Å². The van der Waals surface area contributed by atoms with Gasteiger partial charge in [0.1, 0.15) is 11.4 Å². The first-order valence-electron chi connectivity index (χ1n) is 7.16. The quantitative estimate of drug-likeness (QED) is 0.491. The molecule has 0 aromatic heterocycles. The molecular formula is C14H22N4O2. The molecule has 110 valence electrons. The Morgan fingerprint density at radius 3 is 2.70 bits per heavy atom. The van der Waals surface area contributed by atoms with Gasteiger partial charge in [0.2, 0.25) is 0 Å². The van der Waals surface area contributed by atoms with E-state index in [4.69, 9.17) is 5.84 Å². The van der Waals surface area contributed by atoms with E-state index in [-0.39, 0.29) is 10.6 Å². The zero-order valence-corrected chi connectivity index (χ0v) is 11.8. The molecule has 0 unspecified atom stereocenters. The van der Waals surface area contributed by atoms with Crippen molar-refractivity contribution in [2.45, 2.75) is 32.6 Å². The zero-order valence-electron chi connectivity index (χ0n) is 11.8. The molecule has 1 saturated heterocycles. The molecule has 1 aromatic rings. The molecule has 1 aliphatic rings. The minimum Gasteiger partial charge on any atom is -0.366 e. The summed E-state index contributed by atoms with van der Waals surface area (Å²) in [6.45, 7) is 3.95. The predicted molar refractivity (Wildman–Crippen MR) is 80.8 cm³/mol. The minimum atomic E-state index is -0.358. The van der Waals surface area contributed by atoms with Crippen LogP contribution in [0.1, 0.15) is 32.6 Å². The molecule has 1 aromatic carbocycles. The number of benzene rings is 1. The molecule has 0 atom stereocenters. The molecule has 0 saturated carbocycles. The van der Waals surface area contributed by atoms with Crippen molar-refractivity contribution in [3.63, 3.8) is 0 Å². The fourth-order valence-corrected chi connectivity index (χ4v) is 2.97. The van der Waals surface area contributed by atoms with Crippen LogP contribution in [0.4, 0.5) is 17.1 Å². The minimum absolute atomic E-state index is 0.0731. The standard InChI is InChI=1S/C14H22N4O2/c1-2-4-11-7-9-17(10-8-11)13-6-3-5-12(16-15)14(13)18(19)20/h3,5-6,11,16H,2,4,7-10,15H2,1H3. The van der Waals surface area contributed by atoms with Crippen LogP contribution in [-0.4, -0.2) is 18.0 Å². The maximum atomic E-state index is 11.3. The number of hydrogen-bond donors (Lipinski definition) is 2. The Bertz CT molecular complexity index is 470. The summed E-state index contributed by atoms with van der Waals surface area (Å²) in [6, 6.07) is 5.24. The van der Waals surface area contributed by atoms with E-state index < -0.39 is 0 Å². The third-order valence-electron chi connectivity index (χ3n) is 4.00. The number of rotatable bonds is 5. The average Bonchev–Trinajstić information content (AvgIpc) is 2.47. The molecule has 3 N–H and O–H groups in total. The van der Waals surface area contributed by atoms with Crippen LogP contribution in [0, 0.1) is 16.0 Å². The lowest BCUT2D eigenvalue weighted by Crippen LogP contribution is -2.34. The van der Waals surface area contributed by atoms with Crippen LogP contribution in [0.3, 0.4) is 0 Å². The highest BCUT2D eigenvalue weighted by molar-refractivity contribution is 5.76. The molecular weight excluding hydrogens is 256 g/mol. The number of hydrogen-bond acceptors (Lipinski definition) is 5. The first kappa shape index (κ1) is 14.6. The SMILES string of the molecule is CCCC1CCN(c2cccc(NN)c2[N+](=O)[O-])CC1. The van der Waals surface area contributed by atoms with Crippen molar-refractivity contribution in [2.75, 3.05) is 23.4 Å². The van der Waals surface area contributed by atoms with Crippen molar-refractivity contribution < 1.29 is 4.92 Å². The van der Waals surface area contributed by atoms with Gasteiger partial charge in [-0.2, -0.15) is 0 Å². The number of piperidine rings is 1. The molecule has 2 rings (SSSR count).